The second kappa shape index (κ2) is 9.56. The van der Waals surface area contributed by atoms with Gasteiger partial charge in [-0.05, 0) is 48.9 Å². The van der Waals surface area contributed by atoms with E-state index in [1.165, 1.54) is 36.2 Å². The van der Waals surface area contributed by atoms with Gasteiger partial charge in [0.2, 0.25) is 5.91 Å². The lowest BCUT2D eigenvalue weighted by Gasteiger charge is -2.28. The lowest BCUT2D eigenvalue weighted by Crippen LogP contribution is -2.48. The summed E-state index contributed by atoms with van der Waals surface area (Å²) in [5.74, 6) is 0.0605. The van der Waals surface area contributed by atoms with Gasteiger partial charge in [-0.15, -0.1) is 0 Å². The molecule has 0 aliphatic rings. The lowest BCUT2D eigenvalue weighted by molar-refractivity contribution is -0.142. The van der Waals surface area contributed by atoms with E-state index in [4.69, 9.17) is 9.47 Å². The zero-order chi connectivity index (χ0) is 19.8. The van der Waals surface area contributed by atoms with Crippen molar-refractivity contribution < 1.29 is 23.5 Å². The number of nitrogens with one attached hydrogen (secondary N) is 1. The van der Waals surface area contributed by atoms with Crippen molar-refractivity contribution in [3.05, 3.63) is 59.9 Å². The van der Waals surface area contributed by atoms with E-state index in [2.05, 4.69) is 5.32 Å². The van der Waals surface area contributed by atoms with Crippen LogP contribution >= 0.6 is 0 Å². The highest BCUT2D eigenvalue weighted by atomic mass is 19.1. The molecule has 1 N–H and O–H groups in total. The van der Waals surface area contributed by atoms with Crippen LogP contribution in [0.3, 0.4) is 0 Å². The minimum Gasteiger partial charge on any atom is -0.497 e. The lowest BCUT2D eigenvalue weighted by atomic mass is 10.1. The summed E-state index contributed by atoms with van der Waals surface area (Å²) in [5, 5.41) is 2.55. The molecule has 0 bridgehead atoms. The summed E-state index contributed by atoms with van der Waals surface area (Å²) < 4.78 is 23.5. The number of carbonyl (C=O) groups excluding carboxylic acids is 2. The average molecular weight is 374 g/mol. The minimum absolute atomic E-state index is 0.240. The fraction of sp³-hybridized carbons (Fsp3) is 0.300. The van der Waals surface area contributed by atoms with Crippen molar-refractivity contribution in [2.24, 2.45) is 0 Å². The number of halogens is 1. The van der Waals surface area contributed by atoms with Crippen LogP contribution in [0, 0.1) is 5.82 Å². The Morgan fingerprint density at radius 1 is 1.07 bits per heavy atom. The molecule has 0 aliphatic carbocycles. The number of amides is 2. The van der Waals surface area contributed by atoms with Gasteiger partial charge in [0.25, 0.3) is 5.91 Å². The van der Waals surface area contributed by atoms with Crippen molar-refractivity contribution in [2.75, 3.05) is 20.8 Å². The molecule has 27 heavy (non-hydrogen) atoms. The Kier molecular flexibility index (Phi) is 7.16. The summed E-state index contributed by atoms with van der Waals surface area (Å²) in [6.07, 6.45) is 0. The van der Waals surface area contributed by atoms with E-state index in [1.54, 1.807) is 26.2 Å². The number of hydrogen-bond acceptors (Lipinski definition) is 4. The van der Waals surface area contributed by atoms with E-state index in [0.29, 0.717) is 11.5 Å². The van der Waals surface area contributed by atoms with Crippen molar-refractivity contribution in [1.82, 2.24) is 10.2 Å². The summed E-state index contributed by atoms with van der Waals surface area (Å²) >= 11 is 0. The maximum absolute atomic E-state index is 13.0. The summed E-state index contributed by atoms with van der Waals surface area (Å²) in [5.41, 5.74) is 0.849. The number of carbonyl (C=O) groups is 2. The molecule has 0 spiro atoms. The Labute approximate surface area is 157 Å². The maximum Gasteiger partial charge on any atom is 0.261 e. The first-order valence-corrected chi connectivity index (χ1v) is 8.47. The first-order valence-electron chi connectivity index (χ1n) is 8.47. The standard InChI is InChI=1S/C20H23FN2O4/c1-14(20(25)22-2)23(12-15-4-8-17(26-3)9-5-15)19(24)13-27-18-10-6-16(21)7-11-18/h4-11,14H,12-13H2,1-3H3,(H,22,25)/t14-/m1/s1. The molecule has 2 aromatic rings. The normalized spacial score (nSPS) is 11.4. The van der Waals surface area contributed by atoms with Crippen molar-refractivity contribution in [1.29, 1.82) is 0 Å². The fourth-order valence-corrected chi connectivity index (χ4v) is 2.48. The van der Waals surface area contributed by atoms with Crippen LogP contribution in [-0.2, 0) is 16.1 Å². The van der Waals surface area contributed by atoms with E-state index in [9.17, 15) is 14.0 Å². The third-order valence-corrected chi connectivity index (χ3v) is 4.10. The Hall–Kier alpha value is -3.09. The van der Waals surface area contributed by atoms with Gasteiger partial charge in [0.15, 0.2) is 6.61 Å². The van der Waals surface area contributed by atoms with Crippen LogP contribution in [0.25, 0.3) is 0 Å². The molecular formula is C20H23FN2O4. The van der Waals surface area contributed by atoms with Gasteiger partial charge in [-0.1, -0.05) is 12.1 Å². The third-order valence-electron chi connectivity index (χ3n) is 4.10. The minimum atomic E-state index is -0.679. The summed E-state index contributed by atoms with van der Waals surface area (Å²) in [7, 11) is 3.09. The second-order valence-electron chi connectivity index (χ2n) is 5.90. The van der Waals surface area contributed by atoms with Crippen molar-refractivity contribution >= 4 is 11.8 Å². The van der Waals surface area contributed by atoms with E-state index >= 15 is 0 Å². The Balaban J connectivity index is 2.10. The Morgan fingerprint density at radius 3 is 2.22 bits per heavy atom. The monoisotopic (exact) mass is 374 g/mol. The van der Waals surface area contributed by atoms with Gasteiger partial charge >= 0.3 is 0 Å². The molecule has 1 atom stereocenters. The number of methoxy groups -OCH3 is 1. The number of nitrogens with zero attached hydrogens (tertiary/aromatic N) is 1. The van der Waals surface area contributed by atoms with Crippen LogP contribution in [0.5, 0.6) is 11.5 Å². The molecule has 0 unspecified atom stereocenters. The molecule has 0 fully saturated rings. The van der Waals surface area contributed by atoms with Gasteiger partial charge in [0.05, 0.1) is 7.11 Å². The molecule has 7 heteroatoms. The summed E-state index contributed by atoms with van der Waals surface area (Å²) in [6.45, 7) is 1.63. The van der Waals surface area contributed by atoms with Gasteiger partial charge in [0.1, 0.15) is 23.4 Å². The van der Waals surface area contributed by atoms with Crippen molar-refractivity contribution in [2.45, 2.75) is 19.5 Å². The highest BCUT2D eigenvalue weighted by Crippen LogP contribution is 2.16. The van der Waals surface area contributed by atoms with Crippen molar-refractivity contribution in [3.8, 4) is 11.5 Å². The SMILES string of the molecule is CNC(=O)[C@@H](C)N(Cc1ccc(OC)cc1)C(=O)COc1ccc(F)cc1. The number of rotatable bonds is 8. The molecule has 0 saturated carbocycles. The molecule has 2 rings (SSSR count). The van der Waals surface area contributed by atoms with Gasteiger partial charge in [0, 0.05) is 13.6 Å². The molecule has 0 heterocycles. The Bertz CT molecular complexity index is 763. The molecule has 2 aromatic carbocycles. The molecule has 6 nitrogen and oxygen atoms in total. The van der Waals surface area contributed by atoms with Crippen LogP contribution in [0.15, 0.2) is 48.5 Å². The highest BCUT2D eigenvalue weighted by molar-refractivity contribution is 5.87. The highest BCUT2D eigenvalue weighted by Gasteiger charge is 2.25. The predicted molar refractivity (Wildman–Crippen MR) is 99.0 cm³/mol. The number of hydrogen-bond donors (Lipinski definition) is 1. The first kappa shape index (κ1) is 20.2. The zero-order valence-corrected chi connectivity index (χ0v) is 15.6. The molecule has 2 amide bonds. The van der Waals surface area contributed by atoms with E-state index in [1.807, 2.05) is 12.1 Å². The Morgan fingerprint density at radius 2 is 1.67 bits per heavy atom. The quantitative estimate of drug-likeness (QED) is 0.770. The van der Waals surface area contributed by atoms with E-state index < -0.39 is 6.04 Å². The predicted octanol–water partition coefficient (Wildman–Crippen LogP) is 2.38. The van der Waals surface area contributed by atoms with E-state index in [0.717, 1.165) is 5.56 Å². The maximum atomic E-state index is 13.0. The number of ether oxygens (including phenoxy) is 2. The van der Waals surface area contributed by atoms with Crippen molar-refractivity contribution in [3.63, 3.8) is 0 Å². The average Bonchev–Trinajstić information content (AvgIpc) is 2.70. The number of benzene rings is 2. The second-order valence-corrected chi connectivity index (χ2v) is 5.90. The van der Waals surface area contributed by atoms with Crippen LogP contribution in [-0.4, -0.2) is 43.5 Å². The van der Waals surface area contributed by atoms with Gasteiger partial charge in [-0.2, -0.15) is 0 Å². The number of likely N-dealkylation sites (N-methyl/N-ethyl adjacent to an activating group) is 1. The molecule has 0 aliphatic heterocycles. The van der Waals surface area contributed by atoms with Crippen LogP contribution in [0.2, 0.25) is 0 Å². The summed E-state index contributed by atoms with van der Waals surface area (Å²) in [4.78, 5) is 26.2. The molecule has 0 saturated heterocycles. The molecule has 144 valence electrons. The van der Waals surface area contributed by atoms with E-state index in [-0.39, 0.29) is 30.8 Å². The van der Waals surface area contributed by atoms with Crippen LogP contribution in [0.4, 0.5) is 4.39 Å². The van der Waals surface area contributed by atoms with Crippen LogP contribution < -0.4 is 14.8 Å². The zero-order valence-electron chi connectivity index (χ0n) is 15.6. The first-order chi connectivity index (χ1) is 12.9. The third kappa shape index (κ3) is 5.70. The van der Waals surface area contributed by atoms with Gasteiger partial charge in [-0.25, -0.2) is 4.39 Å². The molecule has 0 aromatic heterocycles. The molecular weight excluding hydrogens is 351 g/mol. The fourth-order valence-electron chi connectivity index (χ4n) is 2.48. The largest absolute Gasteiger partial charge is 0.497 e. The smallest absolute Gasteiger partial charge is 0.261 e. The molecule has 0 radical (unpaired) electrons. The van der Waals surface area contributed by atoms with Gasteiger partial charge in [-0.3, -0.25) is 9.59 Å². The topological polar surface area (TPSA) is 67.9 Å². The van der Waals surface area contributed by atoms with Crippen LogP contribution in [0.1, 0.15) is 12.5 Å². The van der Waals surface area contributed by atoms with Gasteiger partial charge < -0.3 is 19.7 Å². The summed E-state index contributed by atoms with van der Waals surface area (Å²) in [6, 6.07) is 11.9.